The Morgan fingerprint density at radius 2 is 2.29 bits per heavy atom. The maximum absolute atomic E-state index is 9.67. The minimum Gasteiger partial charge on any atom is -0.493 e. The van der Waals surface area contributed by atoms with Crippen LogP contribution in [0.4, 0.5) is 0 Å². The molecule has 0 radical (unpaired) electrons. The predicted molar refractivity (Wildman–Crippen MR) is 83.8 cm³/mol. The van der Waals surface area contributed by atoms with Gasteiger partial charge in [0.05, 0.1) is 13.2 Å². The summed E-state index contributed by atoms with van der Waals surface area (Å²) >= 11 is 0. The standard InChI is InChI=1S/C17H25NO3/c1-4-9-21-16-6-5-14(10-17(16)20-3)11-18-8-7-15(12-18)13(2)19/h4-6,10,13,15,19H,1,7-9,11-12H2,2-3H3. The Morgan fingerprint density at radius 1 is 1.48 bits per heavy atom. The van der Waals surface area contributed by atoms with Crippen LogP contribution in [0.2, 0.25) is 0 Å². The lowest BCUT2D eigenvalue weighted by molar-refractivity contribution is 0.127. The van der Waals surface area contributed by atoms with Gasteiger partial charge in [0.25, 0.3) is 0 Å². The van der Waals surface area contributed by atoms with Gasteiger partial charge >= 0.3 is 0 Å². The Kier molecular flexibility index (Phi) is 5.65. The molecule has 0 aliphatic carbocycles. The van der Waals surface area contributed by atoms with Crippen molar-refractivity contribution in [2.75, 3.05) is 26.8 Å². The largest absolute Gasteiger partial charge is 0.493 e. The van der Waals surface area contributed by atoms with Gasteiger partial charge in [0.2, 0.25) is 0 Å². The Hall–Kier alpha value is -1.52. The van der Waals surface area contributed by atoms with Crippen LogP contribution in [-0.2, 0) is 6.54 Å². The zero-order chi connectivity index (χ0) is 15.2. The van der Waals surface area contributed by atoms with Crippen LogP contribution in [0.25, 0.3) is 0 Å². The number of ether oxygens (including phenoxy) is 2. The van der Waals surface area contributed by atoms with Crippen molar-refractivity contribution in [2.24, 2.45) is 5.92 Å². The van der Waals surface area contributed by atoms with Crippen molar-refractivity contribution in [1.82, 2.24) is 4.90 Å². The third-order valence-electron chi connectivity index (χ3n) is 3.98. The van der Waals surface area contributed by atoms with Crippen molar-refractivity contribution in [3.8, 4) is 11.5 Å². The average Bonchev–Trinajstić information content (AvgIpc) is 2.94. The second kappa shape index (κ2) is 7.48. The molecule has 2 atom stereocenters. The summed E-state index contributed by atoms with van der Waals surface area (Å²) in [7, 11) is 1.65. The van der Waals surface area contributed by atoms with Gasteiger partial charge in [0.1, 0.15) is 6.61 Å². The third kappa shape index (κ3) is 4.22. The molecule has 1 aliphatic heterocycles. The van der Waals surface area contributed by atoms with Crippen LogP contribution in [0.15, 0.2) is 30.9 Å². The Morgan fingerprint density at radius 3 is 2.90 bits per heavy atom. The maximum atomic E-state index is 9.67. The fourth-order valence-electron chi connectivity index (χ4n) is 2.74. The first-order chi connectivity index (χ1) is 10.1. The van der Waals surface area contributed by atoms with Crippen LogP contribution in [-0.4, -0.2) is 42.9 Å². The van der Waals surface area contributed by atoms with Gasteiger partial charge in [-0.1, -0.05) is 18.7 Å². The monoisotopic (exact) mass is 291 g/mol. The van der Waals surface area contributed by atoms with Crippen LogP contribution in [0.5, 0.6) is 11.5 Å². The Bertz CT molecular complexity index is 473. The number of nitrogens with zero attached hydrogens (tertiary/aromatic N) is 1. The van der Waals surface area contributed by atoms with Crippen molar-refractivity contribution < 1.29 is 14.6 Å². The van der Waals surface area contributed by atoms with Crippen LogP contribution in [0.3, 0.4) is 0 Å². The van der Waals surface area contributed by atoms with E-state index in [0.717, 1.165) is 37.6 Å². The lowest BCUT2D eigenvalue weighted by Crippen LogP contribution is -2.23. The molecule has 4 nitrogen and oxygen atoms in total. The van der Waals surface area contributed by atoms with Crippen molar-refractivity contribution in [1.29, 1.82) is 0 Å². The van der Waals surface area contributed by atoms with E-state index in [1.54, 1.807) is 13.2 Å². The number of likely N-dealkylation sites (tertiary alicyclic amines) is 1. The number of methoxy groups -OCH3 is 1. The molecule has 1 aromatic rings. The summed E-state index contributed by atoms with van der Waals surface area (Å²) in [5.41, 5.74) is 1.20. The first-order valence-electron chi connectivity index (χ1n) is 7.45. The maximum Gasteiger partial charge on any atom is 0.161 e. The molecule has 2 unspecified atom stereocenters. The van der Waals surface area contributed by atoms with E-state index in [9.17, 15) is 5.11 Å². The van der Waals surface area contributed by atoms with Gasteiger partial charge in [-0.05, 0) is 43.5 Å². The first kappa shape index (κ1) is 15.9. The van der Waals surface area contributed by atoms with Gasteiger partial charge in [-0.15, -0.1) is 0 Å². The van der Waals surface area contributed by atoms with E-state index in [0.29, 0.717) is 12.5 Å². The topological polar surface area (TPSA) is 41.9 Å². The molecule has 116 valence electrons. The second-order valence-electron chi connectivity index (χ2n) is 5.61. The molecule has 21 heavy (non-hydrogen) atoms. The number of aliphatic hydroxyl groups excluding tert-OH is 1. The Balaban J connectivity index is 1.99. The number of hydrogen-bond acceptors (Lipinski definition) is 4. The van der Waals surface area contributed by atoms with Crippen molar-refractivity contribution in [2.45, 2.75) is 26.0 Å². The summed E-state index contributed by atoms with van der Waals surface area (Å²) in [5, 5.41) is 9.67. The van der Waals surface area contributed by atoms with Crippen LogP contribution in [0.1, 0.15) is 18.9 Å². The number of aliphatic hydroxyl groups is 1. The quantitative estimate of drug-likeness (QED) is 0.784. The highest BCUT2D eigenvalue weighted by atomic mass is 16.5. The van der Waals surface area contributed by atoms with Gasteiger partial charge in [-0.3, -0.25) is 4.90 Å². The molecule has 0 saturated carbocycles. The van der Waals surface area contributed by atoms with Gasteiger partial charge in [-0.2, -0.15) is 0 Å². The number of rotatable bonds is 7. The molecule has 0 aromatic heterocycles. The average molecular weight is 291 g/mol. The van der Waals surface area contributed by atoms with E-state index in [-0.39, 0.29) is 6.10 Å². The molecular weight excluding hydrogens is 266 g/mol. The molecule has 0 spiro atoms. The molecule has 1 aliphatic rings. The molecule has 0 bridgehead atoms. The zero-order valence-corrected chi connectivity index (χ0v) is 12.9. The third-order valence-corrected chi connectivity index (χ3v) is 3.98. The Labute approximate surface area is 127 Å². The van der Waals surface area contributed by atoms with E-state index >= 15 is 0 Å². The number of hydrogen-bond donors (Lipinski definition) is 1. The van der Waals surface area contributed by atoms with Crippen LogP contribution < -0.4 is 9.47 Å². The lowest BCUT2D eigenvalue weighted by Gasteiger charge is -2.18. The minimum atomic E-state index is -0.223. The molecule has 1 saturated heterocycles. The fraction of sp³-hybridized carbons (Fsp3) is 0.529. The molecule has 2 rings (SSSR count). The van der Waals surface area contributed by atoms with Gasteiger partial charge in [0.15, 0.2) is 11.5 Å². The molecule has 1 N–H and O–H groups in total. The minimum absolute atomic E-state index is 0.223. The highest BCUT2D eigenvalue weighted by molar-refractivity contribution is 5.43. The SMILES string of the molecule is C=CCOc1ccc(CN2CCC(C(C)O)C2)cc1OC. The van der Waals surface area contributed by atoms with Crippen molar-refractivity contribution >= 4 is 0 Å². The summed E-state index contributed by atoms with van der Waals surface area (Å²) in [5.74, 6) is 1.88. The molecule has 1 aromatic carbocycles. The molecular formula is C17H25NO3. The lowest BCUT2D eigenvalue weighted by atomic mass is 10.0. The zero-order valence-electron chi connectivity index (χ0n) is 12.9. The summed E-state index contributed by atoms with van der Waals surface area (Å²) < 4.78 is 11.0. The molecule has 1 heterocycles. The van der Waals surface area contributed by atoms with E-state index in [4.69, 9.17) is 9.47 Å². The van der Waals surface area contributed by atoms with Gasteiger partial charge < -0.3 is 14.6 Å². The highest BCUT2D eigenvalue weighted by Crippen LogP contribution is 2.29. The summed E-state index contributed by atoms with van der Waals surface area (Å²) in [6.45, 7) is 8.86. The van der Waals surface area contributed by atoms with Crippen molar-refractivity contribution in [3.05, 3.63) is 36.4 Å². The summed E-state index contributed by atoms with van der Waals surface area (Å²) in [6, 6.07) is 6.03. The predicted octanol–water partition coefficient (Wildman–Crippen LogP) is 2.46. The van der Waals surface area contributed by atoms with Gasteiger partial charge in [0, 0.05) is 13.1 Å². The smallest absolute Gasteiger partial charge is 0.161 e. The van der Waals surface area contributed by atoms with Gasteiger partial charge in [-0.25, -0.2) is 0 Å². The second-order valence-corrected chi connectivity index (χ2v) is 5.61. The molecule has 1 fully saturated rings. The van der Waals surface area contributed by atoms with E-state index < -0.39 is 0 Å². The van der Waals surface area contributed by atoms with Crippen LogP contribution >= 0.6 is 0 Å². The normalized spacial score (nSPS) is 20.2. The molecule has 4 heteroatoms. The summed E-state index contributed by atoms with van der Waals surface area (Å²) in [6.07, 6.45) is 2.56. The first-order valence-corrected chi connectivity index (χ1v) is 7.45. The van der Waals surface area contributed by atoms with E-state index in [2.05, 4.69) is 17.5 Å². The molecule has 0 amide bonds. The van der Waals surface area contributed by atoms with E-state index in [1.165, 1.54) is 5.56 Å². The highest BCUT2D eigenvalue weighted by Gasteiger charge is 2.25. The summed E-state index contributed by atoms with van der Waals surface area (Å²) in [4.78, 5) is 2.37. The number of benzene rings is 1. The van der Waals surface area contributed by atoms with E-state index in [1.807, 2.05) is 19.1 Å². The van der Waals surface area contributed by atoms with Crippen LogP contribution in [0, 0.1) is 5.92 Å². The fourth-order valence-corrected chi connectivity index (χ4v) is 2.74. The van der Waals surface area contributed by atoms with Crippen molar-refractivity contribution in [3.63, 3.8) is 0 Å².